The molecule has 5 fully saturated rings. The van der Waals surface area contributed by atoms with E-state index in [-0.39, 0.29) is 31.7 Å². The van der Waals surface area contributed by atoms with E-state index in [4.69, 9.17) is 18.6 Å². The normalized spacial score (nSPS) is 48.7. The molecule has 11 heteroatoms. The topological polar surface area (TPSA) is 170 Å². The van der Waals surface area contributed by atoms with Crippen LogP contribution < -0.4 is 0 Å². The minimum Gasteiger partial charge on any atom is -0.472 e. The number of rotatable bonds is 4. The molecule has 0 amide bonds. The molecular formula is C32H42O11. The molecule has 6 rings (SSSR count). The zero-order valence-corrected chi connectivity index (χ0v) is 25.4. The summed E-state index contributed by atoms with van der Waals surface area (Å²) in [6.45, 7) is 9.58. The van der Waals surface area contributed by atoms with Gasteiger partial charge in [-0.25, -0.2) is 0 Å². The lowest BCUT2D eigenvalue weighted by atomic mass is 9.33. The summed E-state index contributed by atoms with van der Waals surface area (Å²) >= 11 is 0. The van der Waals surface area contributed by atoms with Crippen molar-refractivity contribution >= 4 is 23.5 Å². The predicted octanol–water partition coefficient (Wildman–Crippen LogP) is 2.15. The molecule has 0 spiro atoms. The molecule has 2 heterocycles. The summed E-state index contributed by atoms with van der Waals surface area (Å²) in [5.41, 5.74) is -4.53. The van der Waals surface area contributed by atoms with Gasteiger partial charge in [0, 0.05) is 53.8 Å². The van der Waals surface area contributed by atoms with Crippen molar-refractivity contribution in [3.05, 3.63) is 24.2 Å². The molecule has 2 bridgehead atoms. The average Bonchev–Trinajstić information content (AvgIpc) is 3.55. The first-order valence-electron chi connectivity index (χ1n) is 15.2. The van der Waals surface area contributed by atoms with Crippen LogP contribution in [0, 0.1) is 45.3 Å². The van der Waals surface area contributed by atoms with Gasteiger partial charge in [0.1, 0.15) is 18.0 Å². The van der Waals surface area contributed by atoms with E-state index in [1.165, 1.54) is 19.5 Å². The third kappa shape index (κ3) is 3.68. The van der Waals surface area contributed by atoms with Crippen molar-refractivity contribution in [2.24, 2.45) is 45.3 Å². The highest BCUT2D eigenvalue weighted by Gasteiger charge is 2.82. The largest absolute Gasteiger partial charge is 0.472 e. The highest BCUT2D eigenvalue weighted by molar-refractivity contribution is 5.96. The van der Waals surface area contributed by atoms with Gasteiger partial charge in [-0.15, -0.1) is 0 Å². The predicted molar refractivity (Wildman–Crippen MR) is 147 cm³/mol. The molecule has 0 unspecified atom stereocenters. The Bertz CT molecular complexity index is 1340. The molecule has 0 radical (unpaired) electrons. The fourth-order valence-corrected chi connectivity index (χ4v) is 10.4. The van der Waals surface area contributed by atoms with Gasteiger partial charge in [-0.2, -0.15) is 0 Å². The van der Waals surface area contributed by atoms with Crippen molar-refractivity contribution in [1.82, 2.24) is 0 Å². The minimum atomic E-state index is -1.58. The summed E-state index contributed by atoms with van der Waals surface area (Å²) in [6.07, 6.45) is -3.20. The van der Waals surface area contributed by atoms with Crippen LogP contribution in [0.2, 0.25) is 0 Å². The first-order valence-corrected chi connectivity index (χ1v) is 15.2. The number of esters is 2. The van der Waals surface area contributed by atoms with Gasteiger partial charge < -0.3 is 33.9 Å². The number of ether oxygens (including phenoxy) is 3. The lowest BCUT2D eigenvalue weighted by Crippen LogP contribution is -2.80. The van der Waals surface area contributed by atoms with Crippen molar-refractivity contribution < 1.29 is 53.1 Å². The number of carbonyl (C=O) groups is 4. The molecule has 4 aliphatic carbocycles. The Morgan fingerprint density at radius 1 is 0.977 bits per heavy atom. The molecule has 4 saturated carbocycles. The number of fused-ring (bicyclic) bond motifs is 3. The Morgan fingerprint density at radius 3 is 2.28 bits per heavy atom. The Labute approximate surface area is 250 Å². The summed E-state index contributed by atoms with van der Waals surface area (Å²) in [6, 6.07) is 1.72. The monoisotopic (exact) mass is 602 g/mol. The van der Waals surface area contributed by atoms with Gasteiger partial charge >= 0.3 is 11.9 Å². The van der Waals surface area contributed by atoms with Crippen LogP contribution in [0.15, 0.2) is 23.0 Å². The number of aliphatic hydroxyl groups excluding tert-OH is 3. The first-order chi connectivity index (χ1) is 20.1. The quantitative estimate of drug-likeness (QED) is 0.432. The molecule has 5 aliphatic rings. The zero-order chi connectivity index (χ0) is 31.4. The second-order valence-electron chi connectivity index (χ2n) is 14.5. The van der Waals surface area contributed by atoms with E-state index in [0.717, 1.165) is 0 Å². The van der Waals surface area contributed by atoms with E-state index >= 15 is 0 Å². The molecule has 3 N–H and O–H groups in total. The van der Waals surface area contributed by atoms with Gasteiger partial charge in [-0.05, 0) is 30.9 Å². The molecule has 1 aliphatic heterocycles. The summed E-state index contributed by atoms with van der Waals surface area (Å²) < 4.78 is 23.1. The standard InChI is InChI=1S/C32H42O11/c1-14(2)27(39)43-28-30(5)19-10-20(35)31(6)24-18(34)9-17(16-7-8-40-12-16)29(24,4)26(38)23(37)25(31)32(19,13-41-28)21(36)11-22(30)42-15(3)33/h7-8,12,14,17,19-22,24-26,28,35-36,38H,9-11,13H2,1-6H3/t17-,19-,20+,21-,22+,24+,25-,26-,28-,29-,30-,31-,32+/m0/s1. The number of ketones is 2. The zero-order valence-electron chi connectivity index (χ0n) is 25.4. The Balaban J connectivity index is 1.51. The van der Waals surface area contributed by atoms with Crippen LogP contribution in [-0.2, 0) is 33.4 Å². The van der Waals surface area contributed by atoms with Crippen molar-refractivity contribution in [3.8, 4) is 0 Å². The molecule has 0 aromatic carbocycles. The third-order valence-corrected chi connectivity index (χ3v) is 12.3. The van der Waals surface area contributed by atoms with Crippen molar-refractivity contribution in [1.29, 1.82) is 0 Å². The summed E-state index contributed by atoms with van der Waals surface area (Å²) in [4.78, 5) is 53.7. The van der Waals surface area contributed by atoms with Gasteiger partial charge in [0.25, 0.3) is 0 Å². The van der Waals surface area contributed by atoms with Crippen LogP contribution in [0.4, 0.5) is 0 Å². The third-order valence-electron chi connectivity index (χ3n) is 12.3. The van der Waals surface area contributed by atoms with Gasteiger partial charge in [-0.1, -0.05) is 27.7 Å². The minimum absolute atomic E-state index is 0.0248. The number of Topliss-reactive ketones (excluding diaryl/α,β-unsaturated/α-hetero) is 2. The Hall–Kier alpha value is -2.60. The van der Waals surface area contributed by atoms with Crippen molar-refractivity contribution in [3.63, 3.8) is 0 Å². The average molecular weight is 603 g/mol. The summed E-state index contributed by atoms with van der Waals surface area (Å²) in [7, 11) is 0. The van der Waals surface area contributed by atoms with Gasteiger partial charge in [0.2, 0.25) is 6.29 Å². The number of carbonyl (C=O) groups excluding carboxylic acids is 4. The SMILES string of the molecule is CC(=O)O[C@@H]1C[C@H](O)[C@@]23CO[C@@H](OC(=O)C(C)C)[C@@]1(C)[C@@H]2C[C@@H](O)[C@@]1(C)[C@@H]2C(=O)C[C@@H](c4ccoc4)[C@]2(C)[C@@H](O)C(=O)[C@@H]13. The second kappa shape index (κ2) is 9.70. The van der Waals surface area contributed by atoms with E-state index in [9.17, 15) is 34.5 Å². The lowest BCUT2D eigenvalue weighted by molar-refractivity contribution is -0.372. The van der Waals surface area contributed by atoms with E-state index < -0.39 is 99.7 Å². The summed E-state index contributed by atoms with van der Waals surface area (Å²) in [5.74, 6) is -5.70. The van der Waals surface area contributed by atoms with Crippen LogP contribution >= 0.6 is 0 Å². The molecule has 13 atom stereocenters. The fraction of sp³-hybridized carbons (Fsp3) is 0.750. The van der Waals surface area contributed by atoms with E-state index in [1.807, 2.05) is 0 Å². The Kier molecular flexibility index (Phi) is 6.86. The fourth-order valence-electron chi connectivity index (χ4n) is 10.4. The smallest absolute Gasteiger partial charge is 0.310 e. The highest BCUT2D eigenvalue weighted by Crippen LogP contribution is 2.75. The van der Waals surface area contributed by atoms with E-state index in [2.05, 4.69) is 0 Å². The number of hydrogen-bond donors (Lipinski definition) is 3. The van der Waals surface area contributed by atoms with Crippen LogP contribution in [0.5, 0.6) is 0 Å². The first kappa shape index (κ1) is 30.4. The van der Waals surface area contributed by atoms with Crippen molar-refractivity contribution in [2.45, 2.75) is 97.4 Å². The number of hydrogen-bond acceptors (Lipinski definition) is 11. The summed E-state index contributed by atoms with van der Waals surface area (Å²) in [5, 5.41) is 36.0. The van der Waals surface area contributed by atoms with E-state index in [1.54, 1.807) is 40.7 Å². The molecule has 43 heavy (non-hydrogen) atoms. The number of furan rings is 1. The van der Waals surface area contributed by atoms with Gasteiger partial charge in [0.05, 0.1) is 42.7 Å². The van der Waals surface area contributed by atoms with Crippen LogP contribution in [0.1, 0.15) is 72.3 Å². The Morgan fingerprint density at radius 2 is 1.67 bits per heavy atom. The maximum atomic E-state index is 14.7. The number of aliphatic hydroxyl groups is 3. The lowest BCUT2D eigenvalue weighted by Gasteiger charge is -2.72. The van der Waals surface area contributed by atoms with Crippen molar-refractivity contribution in [2.75, 3.05) is 6.61 Å². The molecular weight excluding hydrogens is 560 g/mol. The second-order valence-corrected chi connectivity index (χ2v) is 14.5. The molecule has 236 valence electrons. The van der Waals surface area contributed by atoms with Gasteiger partial charge in [-0.3, -0.25) is 19.2 Å². The molecule has 1 aromatic rings. The molecule has 1 saturated heterocycles. The molecule has 1 aromatic heterocycles. The van der Waals surface area contributed by atoms with Crippen LogP contribution in [-0.4, -0.2) is 76.1 Å². The highest BCUT2D eigenvalue weighted by atomic mass is 16.7. The van der Waals surface area contributed by atoms with E-state index in [0.29, 0.717) is 5.56 Å². The van der Waals surface area contributed by atoms with Gasteiger partial charge in [0.15, 0.2) is 5.78 Å². The van der Waals surface area contributed by atoms with Crippen LogP contribution in [0.3, 0.4) is 0 Å². The molecule has 11 nitrogen and oxygen atoms in total. The van der Waals surface area contributed by atoms with Crippen LogP contribution in [0.25, 0.3) is 0 Å². The maximum absolute atomic E-state index is 14.7. The maximum Gasteiger partial charge on any atom is 0.310 e.